The number of nitrogens with zero attached hydrogens (tertiary/aromatic N) is 2. The van der Waals surface area contributed by atoms with E-state index in [0.717, 1.165) is 25.9 Å². The molecule has 2 heteroatoms. The summed E-state index contributed by atoms with van der Waals surface area (Å²) in [5, 5.41) is 9.76. The predicted molar refractivity (Wildman–Crippen MR) is 84.4 cm³/mol. The molecule has 1 heterocycles. The molecule has 0 aromatic carbocycles. The van der Waals surface area contributed by atoms with E-state index in [0.29, 0.717) is 5.92 Å². The van der Waals surface area contributed by atoms with E-state index >= 15 is 0 Å². The Morgan fingerprint density at radius 2 is 1.75 bits per heavy atom. The molecular formula is C18H32N2. The molecule has 1 saturated heterocycles. The fourth-order valence-corrected chi connectivity index (χ4v) is 4.20. The third-order valence-electron chi connectivity index (χ3n) is 5.69. The molecule has 114 valence electrons. The molecule has 1 aliphatic carbocycles. The average Bonchev–Trinajstić information content (AvgIpc) is 2.53. The number of hydrogen-bond acceptors (Lipinski definition) is 2. The Bertz CT molecular complexity index is 304. The summed E-state index contributed by atoms with van der Waals surface area (Å²) in [5.74, 6) is 0.698. The van der Waals surface area contributed by atoms with Gasteiger partial charge in [0.05, 0.1) is 11.5 Å². The average molecular weight is 276 g/mol. The van der Waals surface area contributed by atoms with Gasteiger partial charge in [-0.05, 0) is 57.7 Å². The van der Waals surface area contributed by atoms with Gasteiger partial charge in [-0.1, -0.05) is 45.4 Å². The summed E-state index contributed by atoms with van der Waals surface area (Å²) in [4.78, 5) is 2.61. The highest BCUT2D eigenvalue weighted by Crippen LogP contribution is 2.45. The zero-order chi connectivity index (χ0) is 14.3. The Balaban J connectivity index is 1.77. The highest BCUT2D eigenvalue weighted by Gasteiger charge is 2.41. The smallest absolute Gasteiger partial charge is 0.0693 e. The Kier molecular flexibility index (Phi) is 6.36. The van der Waals surface area contributed by atoms with Crippen molar-refractivity contribution in [2.24, 2.45) is 11.3 Å². The number of unbranched alkanes of at least 4 members (excludes halogenated alkanes) is 3. The Hall–Kier alpha value is -0.550. The van der Waals surface area contributed by atoms with Gasteiger partial charge in [0, 0.05) is 0 Å². The lowest BCUT2D eigenvalue weighted by Crippen LogP contribution is -2.44. The molecule has 0 radical (unpaired) electrons. The van der Waals surface area contributed by atoms with Crippen LogP contribution in [0.25, 0.3) is 0 Å². The largest absolute Gasteiger partial charge is 0.303 e. The van der Waals surface area contributed by atoms with Gasteiger partial charge in [0.1, 0.15) is 0 Å². The highest BCUT2D eigenvalue weighted by atomic mass is 15.1. The number of rotatable bonds is 6. The van der Waals surface area contributed by atoms with E-state index in [2.05, 4.69) is 17.9 Å². The predicted octanol–water partition coefficient (Wildman–Crippen LogP) is 4.75. The molecule has 0 aromatic rings. The molecule has 2 aliphatic rings. The maximum atomic E-state index is 9.76. The summed E-state index contributed by atoms with van der Waals surface area (Å²) >= 11 is 0. The van der Waals surface area contributed by atoms with Crippen LogP contribution in [-0.4, -0.2) is 24.5 Å². The van der Waals surface area contributed by atoms with Gasteiger partial charge >= 0.3 is 0 Å². The molecule has 0 bridgehead atoms. The summed E-state index contributed by atoms with van der Waals surface area (Å²) in [6.45, 7) is 5.85. The Labute approximate surface area is 125 Å². The monoisotopic (exact) mass is 276 g/mol. The second kappa shape index (κ2) is 8.03. The first-order chi connectivity index (χ1) is 9.80. The second-order valence-corrected chi connectivity index (χ2v) is 7.01. The van der Waals surface area contributed by atoms with Crippen LogP contribution in [-0.2, 0) is 0 Å². The van der Waals surface area contributed by atoms with Gasteiger partial charge in [-0.25, -0.2) is 0 Å². The standard InChI is InChI=1S/C18H32N2/c1-2-3-4-8-13-20-14-11-18(16-19,12-15-20)17-9-6-5-7-10-17/h17H,2-15H2,1H3. The molecule has 0 amide bonds. The van der Waals surface area contributed by atoms with E-state index in [9.17, 15) is 5.26 Å². The Morgan fingerprint density at radius 1 is 1.05 bits per heavy atom. The SMILES string of the molecule is CCCCCCN1CCC(C#N)(C2CCCCC2)CC1. The lowest BCUT2D eigenvalue weighted by molar-refractivity contribution is 0.0744. The van der Waals surface area contributed by atoms with Crippen LogP contribution in [0.5, 0.6) is 0 Å². The maximum Gasteiger partial charge on any atom is 0.0693 e. The van der Waals surface area contributed by atoms with E-state index in [-0.39, 0.29) is 5.41 Å². The van der Waals surface area contributed by atoms with Gasteiger partial charge in [0.2, 0.25) is 0 Å². The van der Waals surface area contributed by atoms with Crippen molar-refractivity contribution in [2.45, 2.75) is 77.6 Å². The third kappa shape index (κ3) is 3.98. The van der Waals surface area contributed by atoms with Crippen LogP contribution in [0.4, 0.5) is 0 Å². The van der Waals surface area contributed by atoms with E-state index in [1.54, 1.807) is 0 Å². The number of hydrogen-bond donors (Lipinski definition) is 0. The molecule has 0 atom stereocenters. The fourth-order valence-electron chi connectivity index (χ4n) is 4.20. The molecule has 0 unspecified atom stereocenters. The van der Waals surface area contributed by atoms with Crippen LogP contribution in [0.15, 0.2) is 0 Å². The van der Waals surface area contributed by atoms with Crippen molar-refractivity contribution in [3.05, 3.63) is 0 Å². The first-order valence-corrected chi connectivity index (χ1v) is 8.94. The molecule has 1 saturated carbocycles. The minimum absolute atomic E-state index is 0.0281. The molecule has 2 nitrogen and oxygen atoms in total. The topological polar surface area (TPSA) is 27.0 Å². The minimum atomic E-state index is 0.0281. The number of nitriles is 1. The van der Waals surface area contributed by atoms with Gasteiger partial charge in [-0.15, -0.1) is 0 Å². The summed E-state index contributed by atoms with van der Waals surface area (Å²) in [7, 11) is 0. The van der Waals surface area contributed by atoms with Crippen molar-refractivity contribution in [3.63, 3.8) is 0 Å². The second-order valence-electron chi connectivity index (χ2n) is 7.01. The molecule has 0 N–H and O–H groups in total. The summed E-state index contributed by atoms with van der Waals surface area (Å²) in [6.07, 6.45) is 14.4. The first-order valence-electron chi connectivity index (χ1n) is 8.94. The molecule has 20 heavy (non-hydrogen) atoms. The van der Waals surface area contributed by atoms with Crippen LogP contribution in [0.1, 0.15) is 77.6 Å². The fraction of sp³-hybridized carbons (Fsp3) is 0.944. The molecule has 0 spiro atoms. The van der Waals surface area contributed by atoms with Crippen molar-refractivity contribution in [3.8, 4) is 6.07 Å². The minimum Gasteiger partial charge on any atom is -0.303 e. The van der Waals surface area contributed by atoms with Crippen LogP contribution in [0.2, 0.25) is 0 Å². The van der Waals surface area contributed by atoms with Crippen LogP contribution >= 0.6 is 0 Å². The van der Waals surface area contributed by atoms with Crippen LogP contribution in [0.3, 0.4) is 0 Å². The highest BCUT2D eigenvalue weighted by molar-refractivity contribution is 5.06. The quantitative estimate of drug-likeness (QED) is 0.654. The number of likely N-dealkylation sites (tertiary alicyclic amines) is 1. The lowest BCUT2D eigenvalue weighted by atomic mass is 9.65. The van der Waals surface area contributed by atoms with Crippen molar-refractivity contribution in [1.29, 1.82) is 5.26 Å². The zero-order valence-corrected chi connectivity index (χ0v) is 13.4. The number of piperidine rings is 1. The summed E-state index contributed by atoms with van der Waals surface area (Å²) < 4.78 is 0. The summed E-state index contributed by atoms with van der Waals surface area (Å²) in [5.41, 5.74) is 0.0281. The third-order valence-corrected chi connectivity index (χ3v) is 5.69. The molecule has 1 aliphatic heterocycles. The zero-order valence-electron chi connectivity index (χ0n) is 13.4. The van der Waals surface area contributed by atoms with Gasteiger partial charge in [-0.3, -0.25) is 0 Å². The maximum absolute atomic E-state index is 9.76. The van der Waals surface area contributed by atoms with Gasteiger partial charge in [-0.2, -0.15) is 5.26 Å². The first kappa shape index (κ1) is 15.8. The molecule has 0 aromatic heterocycles. The Morgan fingerprint density at radius 3 is 2.35 bits per heavy atom. The van der Waals surface area contributed by atoms with Crippen LogP contribution in [0, 0.1) is 22.7 Å². The van der Waals surface area contributed by atoms with E-state index in [1.807, 2.05) is 0 Å². The van der Waals surface area contributed by atoms with Crippen molar-refractivity contribution < 1.29 is 0 Å². The van der Waals surface area contributed by atoms with E-state index < -0.39 is 0 Å². The van der Waals surface area contributed by atoms with Gasteiger partial charge in [0.15, 0.2) is 0 Å². The van der Waals surface area contributed by atoms with Crippen molar-refractivity contribution >= 4 is 0 Å². The van der Waals surface area contributed by atoms with Crippen molar-refractivity contribution in [1.82, 2.24) is 4.90 Å². The molecule has 2 rings (SSSR count). The normalized spacial score (nSPS) is 24.4. The lowest BCUT2D eigenvalue weighted by Gasteiger charge is -2.43. The van der Waals surface area contributed by atoms with E-state index in [4.69, 9.17) is 0 Å². The molecule has 2 fully saturated rings. The van der Waals surface area contributed by atoms with Crippen LogP contribution < -0.4 is 0 Å². The summed E-state index contributed by atoms with van der Waals surface area (Å²) in [6, 6.07) is 2.76. The van der Waals surface area contributed by atoms with Crippen molar-refractivity contribution in [2.75, 3.05) is 19.6 Å². The van der Waals surface area contributed by atoms with Gasteiger partial charge in [0.25, 0.3) is 0 Å². The van der Waals surface area contributed by atoms with Gasteiger partial charge < -0.3 is 4.90 Å². The molecular weight excluding hydrogens is 244 g/mol. The van der Waals surface area contributed by atoms with E-state index in [1.165, 1.54) is 64.3 Å².